The Bertz CT molecular complexity index is 218. The second-order valence-electron chi connectivity index (χ2n) is 2.99. The third-order valence-electron chi connectivity index (χ3n) is 1.66. The van der Waals surface area contributed by atoms with Crippen LogP contribution in [0.25, 0.3) is 0 Å². The molecule has 13 heavy (non-hydrogen) atoms. The summed E-state index contributed by atoms with van der Waals surface area (Å²) in [6.45, 7) is 3.21. The van der Waals surface area contributed by atoms with Crippen LogP contribution in [-0.2, 0) is 9.53 Å². The van der Waals surface area contributed by atoms with Crippen LogP contribution in [0.15, 0.2) is 4.99 Å². The molecular weight excluding hydrogens is 188 g/mol. The van der Waals surface area contributed by atoms with Gasteiger partial charge in [0, 0.05) is 12.3 Å². The van der Waals surface area contributed by atoms with Gasteiger partial charge in [0.15, 0.2) is 5.17 Å². The van der Waals surface area contributed by atoms with E-state index in [4.69, 9.17) is 0 Å². The number of esters is 1. The van der Waals surface area contributed by atoms with Crippen LogP contribution in [-0.4, -0.2) is 37.1 Å². The monoisotopic (exact) mass is 202 g/mol. The molecule has 1 rings (SSSR count). The minimum Gasteiger partial charge on any atom is -0.468 e. The van der Waals surface area contributed by atoms with Crippen molar-refractivity contribution in [3.63, 3.8) is 0 Å². The Morgan fingerprint density at radius 1 is 1.85 bits per heavy atom. The first-order valence-corrected chi connectivity index (χ1v) is 5.19. The molecule has 0 spiro atoms. The van der Waals surface area contributed by atoms with Gasteiger partial charge < -0.3 is 10.1 Å². The lowest BCUT2D eigenvalue weighted by Gasteiger charge is -2.17. The minimum absolute atomic E-state index is 0.205. The van der Waals surface area contributed by atoms with Crippen LogP contribution in [0.2, 0.25) is 0 Å². The summed E-state index contributed by atoms with van der Waals surface area (Å²) in [5.41, 5.74) is 0. The standard InChI is InChI=1S/C8H14N2O2S/c1-6-3-9-8(13-5-6)10-4-7(11)12-2/h6H,3-5H2,1-2H3,(H,9,10). The van der Waals surface area contributed by atoms with Crippen LogP contribution >= 0.6 is 11.8 Å². The molecule has 0 saturated carbocycles. The van der Waals surface area contributed by atoms with Gasteiger partial charge in [-0.1, -0.05) is 18.7 Å². The number of hydrogen-bond donors (Lipinski definition) is 1. The largest absolute Gasteiger partial charge is 0.468 e. The molecule has 1 aliphatic rings. The first-order chi connectivity index (χ1) is 6.22. The Kier molecular flexibility index (Phi) is 4.08. The molecule has 0 saturated heterocycles. The number of ether oxygens (including phenoxy) is 1. The normalized spacial score (nSPS) is 22.0. The molecule has 0 aromatic rings. The summed E-state index contributed by atoms with van der Waals surface area (Å²) >= 11 is 1.65. The topological polar surface area (TPSA) is 50.7 Å². The van der Waals surface area contributed by atoms with Crippen molar-refractivity contribution in [1.82, 2.24) is 5.32 Å². The first kappa shape index (κ1) is 10.4. The molecule has 1 N–H and O–H groups in total. The van der Waals surface area contributed by atoms with Gasteiger partial charge in [0.25, 0.3) is 0 Å². The second kappa shape index (κ2) is 5.11. The zero-order valence-electron chi connectivity index (χ0n) is 7.87. The van der Waals surface area contributed by atoms with Crippen molar-refractivity contribution in [2.75, 3.05) is 26.0 Å². The first-order valence-electron chi connectivity index (χ1n) is 4.20. The highest BCUT2D eigenvalue weighted by molar-refractivity contribution is 8.13. The molecule has 0 fully saturated rings. The zero-order chi connectivity index (χ0) is 9.68. The van der Waals surface area contributed by atoms with E-state index in [1.165, 1.54) is 7.11 Å². The Labute approximate surface area is 82.1 Å². The Hall–Kier alpha value is -0.710. The van der Waals surface area contributed by atoms with E-state index in [1.54, 1.807) is 11.8 Å². The molecule has 5 heteroatoms. The fraction of sp³-hybridized carbons (Fsp3) is 0.750. The highest BCUT2D eigenvalue weighted by Gasteiger charge is 2.12. The highest BCUT2D eigenvalue weighted by atomic mass is 32.2. The molecule has 4 nitrogen and oxygen atoms in total. The number of hydrogen-bond acceptors (Lipinski definition) is 5. The maximum atomic E-state index is 10.8. The summed E-state index contributed by atoms with van der Waals surface area (Å²) in [6, 6.07) is 0. The summed E-state index contributed by atoms with van der Waals surface area (Å²) in [5, 5.41) is 3.78. The number of carbonyl (C=O) groups is 1. The van der Waals surface area contributed by atoms with Gasteiger partial charge in [-0.25, -0.2) is 0 Å². The number of rotatable bonds is 2. The molecule has 0 bridgehead atoms. The van der Waals surface area contributed by atoms with E-state index in [0.29, 0.717) is 5.92 Å². The van der Waals surface area contributed by atoms with Gasteiger partial charge in [0.2, 0.25) is 0 Å². The fourth-order valence-corrected chi connectivity index (χ4v) is 1.77. The average molecular weight is 202 g/mol. The van der Waals surface area contributed by atoms with Crippen LogP contribution < -0.4 is 5.32 Å². The summed E-state index contributed by atoms with van der Waals surface area (Å²) in [6.07, 6.45) is 0. The number of nitrogens with zero attached hydrogens (tertiary/aromatic N) is 1. The smallest absolute Gasteiger partial charge is 0.325 e. The minimum atomic E-state index is -0.262. The van der Waals surface area contributed by atoms with Crippen molar-refractivity contribution in [2.24, 2.45) is 10.9 Å². The molecule has 0 aliphatic carbocycles. The van der Waals surface area contributed by atoms with Gasteiger partial charge in [-0.3, -0.25) is 9.79 Å². The van der Waals surface area contributed by atoms with E-state index in [-0.39, 0.29) is 12.5 Å². The SMILES string of the molecule is COC(=O)CNC1=NCC(C)CS1. The maximum Gasteiger partial charge on any atom is 0.325 e. The van der Waals surface area contributed by atoms with Gasteiger partial charge in [0.05, 0.1) is 7.11 Å². The number of nitrogens with one attached hydrogen (secondary N) is 1. The molecule has 1 aliphatic heterocycles. The van der Waals surface area contributed by atoms with Crippen molar-refractivity contribution in [3.8, 4) is 0 Å². The number of aliphatic imine (C=N–C) groups is 1. The average Bonchev–Trinajstić information content (AvgIpc) is 2.16. The van der Waals surface area contributed by atoms with Crippen LogP contribution in [0, 0.1) is 5.92 Å². The number of methoxy groups -OCH3 is 1. The van der Waals surface area contributed by atoms with Crippen LogP contribution in [0.5, 0.6) is 0 Å². The summed E-state index contributed by atoms with van der Waals surface area (Å²) in [7, 11) is 1.38. The molecule has 0 aromatic carbocycles. The fourth-order valence-electron chi connectivity index (χ4n) is 0.885. The maximum absolute atomic E-state index is 10.8. The number of amidine groups is 1. The zero-order valence-corrected chi connectivity index (χ0v) is 8.69. The Balaban J connectivity index is 2.26. The molecule has 1 atom stereocenters. The van der Waals surface area contributed by atoms with Crippen molar-refractivity contribution >= 4 is 22.9 Å². The Morgan fingerprint density at radius 2 is 2.62 bits per heavy atom. The quantitative estimate of drug-likeness (QED) is 0.662. The summed E-state index contributed by atoms with van der Waals surface area (Å²) in [4.78, 5) is 15.0. The summed E-state index contributed by atoms with van der Waals surface area (Å²) in [5.74, 6) is 1.43. The van der Waals surface area contributed by atoms with Crippen molar-refractivity contribution in [1.29, 1.82) is 0 Å². The van der Waals surface area contributed by atoms with Gasteiger partial charge in [0.1, 0.15) is 6.54 Å². The third kappa shape index (κ3) is 3.67. The molecule has 0 aromatic heterocycles. The predicted molar refractivity (Wildman–Crippen MR) is 53.9 cm³/mol. The van der Waals surface area contributed by atoms with Crippen LogP contribution in [0.1, 0.15) is 6.92 Å². The van der Waals surface area contributed by atoms with Gasteiger partial charge in [-0.2, -0.15) is 0 Å². The molecule has 1 unspecified atom stereocenters. The molecule has 74 valence electrons. The summed E-state index contributed by atoms with van der Waals surface area (Å²) < 4.78 is 4.50. The van der Waals surface area contributed by atoms with Gasteiger partial charge in [-0.15, -0.1) is 0 Å². The second-order valence-corrected chi connectivity index (χ2v) is 4.00. The molecule has 1 heterocycles. The predicted octanol–water partition coefficient (Wildman–Crippen LogP) is 0.488. The van der Waals surface area contributed by atoms with E-state index < -0.39 is 0 Å². The molecular formula is C8H14N2O2S. The van der Waals surface area contributed by atoms with Crippen molar-refractivity contribution in [3.05, 3.63) is 0 Å². The van der Waals surface area contributed by atoms with Gasteiger partial charge in [-0.05, 0) is 5.92 Å². The lowest BCUT2D eigenvalue weighted by atomic mass is 10.2. The van der Waals surface area contributed by atoms with E-state index in [1.807, 2.05) is 0 Å². The molecule has 0 amide bonds. The van der Waals surface area contributed by atoms with Crippen molar-refractivity contribution < 1.29 is 9.53 Å². The van der Waals surface area contributed by atoms with E-state index in [0.717, 1.165) is 17.5 Å². The molecule has 0 radical (unpaired) electrons. The lowest BCUT2D eigenvalue weighted by Crippen LogP contribution is -2.31. The van der Waals surface area contributed by atoms with Gasteiger partial charge >= 0.3 is 5.97 Å². The Morgan fingerprint density at radius 3 is 3.15 bits per heavy atom. The van der Waals surface area contributed by atoms with Crippen LogP contribution in [0.3, 0.4) is 0 Å². The van der Waals surface area contributed by atoms with E-state index in [2.05, 4.69) is 22.0 Å². The van der Waals surface area contributed by atoms with E-state index >= 15 is 0 Å². The lowest BCUT2D eigenvalue weighted by molar-refractivity contribution is -0.139. The van der Waals surface area contributed by atoms with Crippen LogP contribution in [0.4, 0.5) is 0 Å². The number of carbonyl (C=O) groups excluding carboxylic acids is 1. The van der Waals surface area contributed by atoms with Crippen molar-refractivity contribution in [2.45, 2.75) is 6.92 Å². The third-order valence-corrected chi connectivity index (χ3v) is 2.95. The van der Waals surface area contributed by atoms with E-state index in [9.17, 15) is 4.79 Å². The highest BCUT2D eigenvalue weighted by Crippen LogP contribution is 2.15. The number of thioether (sulfide) groups is 1.